The van der Waals surface area contributed by atoms with Crippen molar-refractivity contribution in [3.63, 3.8) is 0 Å². The van der Waals surface area contributed by atoms with E-state index in [2.05, 4.69) is 6.08 Å². The molecule has 0 unspecified atom stereocenters. The molecule has 4 nitrogen and oxygen atoms in total. The molecule has 1 aromatic carbocycles. The second-order valence-electron chi connectivity index (χ2n) is 4.53. The zero-order chi connectivity index (χ0) is 12.5. The van der Waals surface area contributed by atoms with Gasteiger partial charge in [-0.1, -0.05) is 12.2 Å². The van der Waals surface area contributed by atoms with Crippen molar-refractivity contribution in [3.05, 3.63) is 42.0 Å². The minimum absolute atomic E-state index is 0.0530. The zero-order valence-electron chi connectivity index (χ0n) is 10.2. The molecule has 1 aromatic rings. The number of ether oxygens (including phenoxy) is 1. The summed E-state index contributed by atoms with van der Waals surface area (Å²) in [5.74, 6) is 0.657. The Hall–Kier alpha value is -1.81. The maximum absolute atomic E-state index is 12.3. The van der Waals surface area contributed by atoms with Crippen molar-refractivity contribution in [2.75, 3.05) is 7.11 Å². The number of hydrogen-bond donors (Lipinski definition) is 0. The molecule has 2 atom stereocenters. The molecule has 0 aromatic heterocycles. The van der Waals surface area contributed by atoms with E-state index in [9.17, 15) is 4.79 Å². The third kappa shape index (κ3) is 1.88. The van der Waals surface area contributed by atoms with E-state index in [0.717, 1.165) is 18.6 Å². The standard InChI is InChI=1S/C14H15NO3/c1-17-12-6-2-10(3-7-12)14(16)15-11-4-8-13(18-15)9-5-11/h2-4,6-8,11,13H,5,9H2,1H3/t11-,13+/m0/s1. The summed E-state index contributed by atoms with van der Waals surface area (Å²) in [5, 5.41) is 1.50. The first-order chi connectivity index (χ1) is 8.78. The molecule has 3 aliphatic rings. The smallest absolute Gasteiger partial charge is 0.278 e. The van der Waals surface area contributed by atoms with Gasteiger partial charge in [0, 0.05) is 5.56 Å². The molecule has 0 saturated carbocycles. The molecule has 0 spiro atoms. The first-order valence-corrected chi connectivity index (χ1v) is 6.10. The average Bonchev–Trinajstić information content (AvgIpc) is 2.48. The van der Waals surface area contributed by atoms with Crippen molar-refractivity contribution in [2.24, 2.45) is 0 Å². The summed E-state index contributed by atoms with van der Waals surface area (Å²) in [6, 6.07) is 7.16. The molecule has 1 saturated heterocycles. The van der Waals surface area contributed by atoms with Crippen LogP contribution in [-0.4, -0.2) is 30.2 Å². The van der Waals surface area contributed by atoms with Gasteiger partial charge in [-0.3, -0.25) is 9.63 Å². The Morgan fingerprint density at radius 3 is 2.56 bits per heavy atom. The van der Waals surface area contributed by atoms with Gasteiger partial charge in [0.05, 0.1) is 13.2 Å². The largest absolute Gasteiger partial charge is 0.497 e. The summed E-state index contributed by atoms with van der Waals surface area (Å²) in [5.41, 5.74) is 0.622. The fourth-order valence-corrected chi connectivity index (χ4v) is 2.35. The van der Waals surface area contributed by atoms with Gasteiger partial charge in [-0.05, 0) is 37.1 Å². The number of hydroxylamine groups is 2. The predicted molar refractivity (Wildman–Crippen MR) is 66.2 cm³/mol. The van der Waals surface area contributed by atoms with Gasteiger partial charge in [-0.25, -0.2) is 5.06 Å². The van der Waals surface area contributed by atoms with E-state index in [-0.39, 0.29) is 18.1 Å². The predicted octanol–water partition coefficient (Wildman–Crippen LogP) is 2.17. The lowest BCUT2D eigenvalue weighted by Crippen LogP contribution is -2.48. The number of methoxy groups -OCH3 is 1. The Morgan fingerprint density at radius 2 is 2.06 bits per heavy atom. The highest BCUT2D eigenvalue weighted by molar-refractivity contribution is 5.94. The summed E-state index contributed by atoms with van der Waals surface area (Å²) in [4.78, 5) is 17.9. The van der Waals surface area contributed by atoms with E-state index in [1.807, 2.05) is 6.08 Å². The van der Waals surface area contributed by atoms with Gasteiger partial charge in [-0.15, -0.1) is 0 Å². The molecule has 0 N–H and O–H groups in total. The Morgan fingerprint density at radius 1 is 1.28 bits per heavy atom. The number of fused-ring (bicyclic) bond motifs is 2. The molecule has 4 rings (SSSR count). The maximum atomic E-state index is 12.3. The topological polar surface area (TPSA) is 38.8 Å². The number of rotatable bonds is 2. The molecule has 1 aliphatic carbocycles. The van der Waals surface area contributed by atoms with Crippen LogP contribution in [0.3, 0.4) is 0 Å². The summed E-state index contributed by atoms with van der Waals surface area (Å²) in [6.45, 7) is 0. The normalized spacial score (nSPS) is 25.3. The van der Waals surface area contributed by atoms with E-state index in [4.69, 9.17) is 9.57 Å². The van der Waals surface area contributed by atoms with Crippen LogP contribution >= 0.6 is 0 Å². The quantitative estimate of drug-likeness (QED) is 0.749. The number of benzene rings is 1. The van der Waals surface area contributed by atoms with Crippen LogP contribution in [0.5, 0.6) is 5.75 Å². The maximum Gasteiger partial charge on any atom is 0.278 e. The van der Waals surface area contributed by atoms with Crippen LogP contribution in [0.4, 0.5) is 0 Å². The summed E-state index contributed by atoms with van der Waals surface area (Å²) < 4.78 is 5.08. The van der Waals surface area contributed by atoms with Crippen LogP contribution < -0.4 is 4.74 Å². The van der Waals surface area contributed by atoms with Gasteiger partial charge in [0.25, 0.3) is 5.91 Å². The molecule has 2 aliphatic heterocycles. The van der Waals surface area contributed by atoms with Gasteiger partial charge in [-0.2, -0.15) is 0 Å². The lowest BCUT2D eigenvalue weighted by atomic mass is 9.98. The highest BCUT2D eigenvalue weighted by atomic mass is 16.7. The monoisotopic (exact) mass is 245 g/mol. The molecular weight excluding hydrogens is 230 g/mol. The van der Waals surface area contributed by atoms with Crippen LogP contribution in [-0.2, 0) is 4.84 Å². The molecule has 1 fully saturated rings. The van der Waals surface area contributed by atoms with E-state index < -0.39 is 0 Å². The van der Waals surface area contributed by atoms with Gasteiger partial charge in [0.2, 0.25) is 0 Å². The molecule has 4 heteroatoms. The van der Waals surface area contributed by atoms with Crippen molar-refractivity contribution in [1.82, 2.24) is 5.06 Å². The molecule has 0 radical (unpaired) electrons. The Bertz CT molecular complexity index is 480. The number of nitrogens with zero attached hydrogens (tertiary/aromatic N) is 1. The minimum atomic E-state index is -0.0864. The fraction of sp³-hybridized carbons (Fsp3) is 0.357. The van der Waals surface area contributed by atoms with Crippen LogP contribution in [0.2, 0.25) is 0 Å². The lowest BCUT2D eigenvalue weighted by Gasteiger charge is -2.40. The van der Waals surface area contributed by atoms with Gasteiger partial charge >= 0.3 is 0 Å². The van der Waals surface area contributed by atoms with Gasteiger partial charge in [0.1, 0.15) is 11.9 Å². The van der Waals surface area contributed by atoms with E-state index in [1.54, 1.807) is 31.4 Å². The third-order valence-corrected chi connectivity index (χ3v) is 3.38. The Kier molecular flexibility index (Phi) is 2.80. The number of amides is 1. The summed E-state index contributed by atoms with van der Waals surface area (Å²) >= 11 is 0. The van der Waals surface area contributed by atoms with Crippen LogP contribution in [0, 0.1) is 0 Å². The lowest BCUT2D eigenvalue weighted by molar-refractivity contribution is -0.197. The SMILES string of the molecule is COc1ccc(C(=O)N2O[C@@H]3C=C[C@H]2CC3)cc1. The van der Waals surface area contributed by atoms with Gasteiger partial charge in [0.15, 0.2) is 0 Å². The summed E-state index contributed by atoms with van der Waals surface area (Å²) in [7, 11) is 1.61. The molecule has 2 bridgehead atoms. The number of carbonyl (C=O) groups excluding carboxylic acids is 1. The molecule has 1 amide bonds. The molecular formula is C14H15NO3. The van der Waals surface area contributed by atoms with Gasteiger partial charge < -0.3 is 4.74 Å². The van der Waals surface area contributed by atoms with Crippen molar-refractivity contribution in [3.8, 4) is 5.75 Å². The molecule has 2 heterocycles. The Labute approximate surface area is 106 Å². The second-order valence-corrected chi connectivity index (χ2v) is 4.53. The number of hydrogen-bond acceptors (Lipinski definition) is 3. The van der Waals surface area contributed by atoms with Crippen LogP contribution in [0.25, 0.3) is 0 Å². The highest BCUT2D eigenvalue weighted by Crippen LogP contribution is 2.29. The zero-order valence-corrected chi connectivity index (χ0v) is 10.2. The summed E-state index contributed by atoms with van der Waals surface area (Å²) in [6.07, 6.45) is 6.11. The first kappa shape index (κ1) is 11.3. The highest BCUT2D eigenvalue weighted by Gasteiger charge is 2.34. The van der Waals surface area contributed by atoms with E-state index in [1.165, 1.54) is 5.06 Å². The second kappa shape index (κ2) is 4.46. The molecule has 18 heavy (non-hydrogen) atoms. The van der Waals surface area contributed by atoms with Crippen molar-refractivity contribution in [1.29, 1.82) is 0 Å². The fourth-order valence-electron chi connectivity index (χ4n) is 2.35. The van der Waals surface area contributed by atoms with E-state index >= 15 is 0 Å². The molecule has 94 valence electrons. The van der Waals surface area contributed by atoms with E-state index in [0.29, 0.717) is 5.56 Å². The van der Waals surface area contributed by atoms with Crippen molar-refractivity contribution < 1.29 is 14.4 Å². The minimum Gasteiger partial charge on any atom is -0.497 e. The van der Waals surface area contributed by atoms with Crippen molar-refractivity contribution in [2.45, 2.75) is 25.0 Å². The average molecular weight is 245 g/mol. The first-order valence-electron chi connectivity index (χ1n) is 6.10. The Balaban J connectivity index is 1.80. The number of carbonyl (C=O) groups is 1. The van der Waals surface area contributed by atoms with Crippen molar-refractivity contribution >= 4 is 5.91 Å². The van der Waals surface area contributed by atoms with Crippen LogP contribution in [0.15, 0.2) is 36.4 Å². The van der Waals surface area contributed by atoms with Crippen LogP contribution in [0.1, 0.15) is 23.2 Å². The third-order valence-electron chi connectivity index (χ3n) is 3.38.